The maximum Gasteiger partial charge on any atom is 0.119 e. The van der Waals surface area contributed by atoms with Gasteiger partial charge in [0.2, 0.25) is 0 Å². The van der Waals surface area contributed by atoms with Crippen LogP contribution >= 0.6 is 0 Å². The molecule has 1 N–H and O–H groups in total. The van der Waals surface area contributed by atoms with E-state index in [0.29, 0.717) is 5.75 Å². The van der Waals surface area contributed by atoms with Gasteiger partial charge in [-0.3, -0.25) is 0 Å². The van der Waals surface area contributed by atoms with Crippen LogP contribution < -0.4 is 0 Å². The van der Waals surface area contributed by atoms with Crippen LogP contribution in [0.25, 0.3) is 10.8 Å². The van der Waals surface area contributed by atoms with Crippen LogP contribution in [0.5, 0.6) is 5.75 Å². The molecule has 0 amide bonds. The summed E-state index contributed by atoms with van der Waals surface area (Å²) < 4.78 is 0. The van der Waals surface area contributed by atoms with Crippen molar-refractivity contribution < 1.29 is 5.11 Å². The molecule has 0 aliphatic rings. The number of fused-ring (bicyclic) bond motifs is 1. The molecule has 2 aromatic carbocycles. The largest absolute Gasteiger partial charge is 0.508 e. The fraction of sp³-hybridized carbons (Fsp3) is 0.333. The Morgan fingerprint density at radius 2 is 1.12 bits per heavy atom. The second-order valence-corrected chi connectivity index (χ2v) is 4.68. The summed E-state index contributed by atoms with van der Waals surface area (Å²) in [5.74, 6) is 0.387. The molecule has 0 unspecified atom stereocenters. The van der Waals surface area contributed by atoms with Crippen molar-refractivity contribution in [2.45, 2.75) is 34.6 Å². The van der Waals surface area contributed by atoms with Crippen LogP contribution in [0.15, 0.2) is 12.1 Å². The minimum atomic E-state index is 0.387. The minimum Gasteiger partial charge on any atom is -0.508 e. The average Bonchev–Trinajstić information content (AvgIpc) is 2.26. The lowest BCUT2D eigenvalue weighted by molar-refractivity contribution is 0.472. The summed E-state index contributed by atoms with van der Waals surface area (Å²) in [6.07, 6.45) is 0. The normalized spacial score (nSPS) is 11.1. The molecule has 16 heavy (non-hydrogen) atoms. The van der Waals surface area contributed by atoms with E-state index in [4.69, 9.17) is 0 Å². The first-order valence-corrected chi connectivity index (χ1v) is 5.63. The first kappa shape index (κ1) is 11.0. The van der Waals surface area contributed by atoms with Crippen molar-refractivity contribution in [1.29, 1.82) is 0 Å². The van der Waals surface area contributed by atoms with E-state index >= 15 is 0 Å². The van der Waals surface area contributed by atoms with Gasteiger partial charge in [-0.2, -0.15) is 0 Å². The Balaban J connectivity index is 3.02. The predicted molar refractivity (Wildman–Crippen MR) is 69.3 cm³/mol. The molecule has 84 valence electrons. The first-order chi connectivity index (χ1) is 7.43. The van der Waals surface area contributed by atoms with Crippen molar-refractivity contribution in [3.05, 3.63) is 39.9 Å². The van der Waals surface area contributed by atoms with Gasteiger partial charge >= 0.3 is 0 Å². The van der Waals surface area contributed by atoms with E-state index in [1.807, 2.05) is 13.0 Å². The Morgan fingerprint density at radius 3 is 1.62 bits per heavy atom. The van der Waals surface area contributed by atoms with Crippen LogP contribution in [0.4, 0.5) is 0 Å². The Kier molecular flexibility index (Phi) is 2.42. The first-order valence-electron chi connectivity index (χ1n) is 5.63. The summed E-state index contributed by atoms with van der Waals surface area (Å²) in [6.45, 7) is 10.5. The number of aromatic hydroxyl groups is 1. The molecule has 2 aromatic rings. The standard InChI is InChI=1S/C15H18O/c1-8-6-13-11(4)9(2)10(3)12(5)14(13)7-15(8)16/h6-7,16H,1-5H3. The number of benzene rings is 2. The zero-order valence-electron chi connectivity index (χ0n) is 10.6. The van der Waals surface area contributed by atoms with Gasteiger partial charge < -0.3 is 5.11 Å². The van der Waals surface area contributed by atoms with Crippen molar-refractivity contribution in [1.82, 2.24) is 0 Å². The number of hydrogen-bond donors (Lipinski definition) is 1. The smallest absolute Gasteiger partial charge is 0.119 e. The van der Waals surface area contributed by atoms with Crippen LogP contribution in [-0.4, -0.2) is 5.11 Å². The molecular weight excluding hydrogens is 196 g/mol. The number of rotatable bonds is 0. The van der Waals surface area contributed by atoms with Crippen LogP contribution in [0.3, 0.4) is 0 Å². The van der Waals surface area contributed by atoms with Gasteiger partial charge in [-0.15, -0.1) is 0 Å². The Morgan fingerprint density at radius 1 is 0.688 bits per heavy atom. The van der Waals surface area contributed by atoms with Gasteiger partial charge in [0.1, 0.15) is 5.75 Å². The highest BCUT2D eigenvalue weighted by Gasteiger charge is 2.10. The lowest BCUT2D eigenvalue weighted by Gasteiger charge is -2.15. The van der Waals surface area contributed by atoms with Gasteiger partial charge in [0, 0.05) is 0 Å². The van der Waals surface area contributed by atoms with E-state index in [1.165, 1.54) is 33.0 Å². The second kappa shape index (κ2) is 3.51. The predicted octanol–water partition coefficient (Wildman–Crippen LogP) is 4.09. The molecular formula is C15H18O. The zero-order valence-corrected chi connectivity index (χ0v) is 10.6. The molecule has 0 radical (unpaired) electrons. The molecule has 0 aliphatic heterocycles. The van der Waals surface area contributed by atoms with Gasteiger partial charge in [-0.05, 0) is 85.3 Å². The molecule has 0 aromatic heterocycles. The molecule has 0 spiro atoms. The molecule has 0 heterocycles. The third kappa shape index (κ3) is 1.39. The molecule has 0 fully saturated rings. The Labute approximate surface area is 96.7 Å². The van der Waals surface area contributed by atoms with E-state index in [-0.39, 0.29) is 0 Å². The summed E-state index contributed by atoms with van der Waals surface area (Å²) in [6, 6.07) is 3.97. The molecule has 1 nitrogen and oxygen atoms in total. The topological polar surface area (TPSA) is 20.2 Å². The van der Waals surface area contributed by atoms with Crippen molar-refractivity contribution in [2.24, 2.45) is 0 Å². The fourth-order valence-corrected chi connectivity index (χ4v) is 2.28. The third-order valence-electron chi connectivity index (χ3n) is 3.83. The Hall–Kier alpha value is -1.50. The SMILES string of the molecule is Cc1cc2c(C)c(C)c(C)c(C)c2cc1O. The lowest BCUT2D eigenvalue weighted by atomic mass is 9.91. The van der Waals surface area contributed by atoms with E-state index in [0.717, 1.165) is 5.56 Å². The maximum atomic E-state index is 9.79. The van der Waals surface area contributed by atoms with Crippen LogP contribution in [0.2, 0.25) is 0 Å². The van der Waals surface area contributed by atoms with E-state index in [9.17, 15) is 5.11 Å². The monoisotopic (exact) mass is 214 g/mol. The second-order valence-electron chi connectivity index (χ2n) is 4.68. The number of phenolic OH excluding ortho intramolecular Hbond substituents is 1. The minimum absolute atomic E-state index is 0.387. The molecule has 0 saturated carbocycles. The van der Waals surface area contributed by atoms with Gasteiger partial charge in [0.25, 0.3) is 0 Å². The molecule has 0 saturated heterocycles. The van der Waals surface area contributed by atoms with Crippen molar-refractivity contribution >= 4 is 10.8 Å². The highest BCUT2D eigenvalue weighted by Crippen LogP contribution is 2.33. The summed E-state index contributed by atoms with van der Waals surface area (Å²) in [7, 11) is 0. The highest BCUT2D eigenvalue weighted by atomic mass is 16.3. The molecule has 2 rings (SSSR count). The van der Waals surface area contributed by atoms with Crippen molar-refractivity contribution in [3.8, 4) is 5.75 Å². The molecule has 0 atom stereocenters. The van der Waals surface area contributed by atoms with Crippen molar-refractivity contribution in [2.75, 3.05) is 0 Å². The number of hydrogen-bond acceptors (Lipinski definition) is 1. The van der Waals surface area contributed by atoms with Crippen LogP contribution in [0.1, 0.15) is 27.8 Å². The van der Waals surface area contributed by atoms with Crippen molar-refractivity contribution in [3.63, 3.8) is 0 Å². The summed E-state index contributed by atoms with van der Waals surface area (Å²) in [4.78, 5) is 0. The summed E-state index contributed by atoms with van der Waals surface area (Å²) >= 11 is 0. The fourth-order valence-electron chi connectivity index (χ4n) is 2.28. The highest BCUT2D eigenvalue weighted by molar-refractivity contribution is 5.92. The zero-order chi connectivity index (χ0) is 12.0. The van der Waals surface area contributed by atoms with Gasteiger partial charge in [-0.1, -0.05) is 0 Å². The van der Waals surface area contributed by atoms with Crippen LogP contribution in [-0.2, 0) is 0 Å². The number of phenols is 1. The van der Waals surface area contributed by atoms with Gasteiger partial charge in [-0.25, -0.2) is 0 Å². The quantitative estimate of drug-likeness (QED) is 0.700. The van der Waals surface area contributed by atoms with E-state index < -0.39 is 0 Å². The molecule has 0 aliphatic carbocycles. The lowest BCUT2D eigenvalue weighted by Crippen LogP contribution is -1.94. The summed E-state index contributed by atoms with van der Waals surface area (Å²) in [5.41, 5.74) is 6.22. The van der Waals surface area contributed by atoms with Crippen LogP contribution in [0, 0.1) is 34.6 Å². The third-order valence-corrected chi connectivity index (χ3v) is 3.83. The molecule has 1 heteroatoms. The average molecular weight is 214 g/mol. The maximum absolute atomic E-state index is 9.79. The Bertz CT molecular complexity index is 527. The summed E-state index contributed by atoms with van der Waals surface area (Å²) in [5, 5.41) is 12.2. The van der Waals surface area contributed by atoms with Gasteiger partial charge in [0.05, 0.1) is 0 Å². The number of aryl methyl sites for hydroxylation is 3. The molecule has 0 bridgehead atoms. The van der Waals surface area contributed by atoms with E-state index in [1.54, 1.807) is 0 Å². The van der Waals surface area contributed by atoms with E-state index in [2.05, 4.69) is 33.8 Å². The van der Waals surface area contributed by atoms with Gasteiger partial charge in [0.15, 0.2) is 0 Å².